The number of H-pyrrole nitrogens is 1. The average molecular weight is 326 g/mol. The summed E-state index contributed by atoms with van der Waals surface area (Å²) in [5.74, 6) is -2.22. The number of benzene rings is 1. The molecule has 1 aromatic carbocycles. The van der Waals surface area contributed by atoms with E-state index in [0.717, 1.165) is 6.08 Å². The highest BCUT2D eigenvalue weighted by atomic mass is 35.5. The number of hydrogen-bond donors (Lipinski definition) is 3. The van der Waals surface area contributed by atoms with Gasteiger partial charge in [0.1, 0.15) is 0 Å². The Hall–Kier alpha value is -2.41. The van der Waals surface area contributed by atoms with Gasteiger partial charge in [0.15, 0.2) is 5.82 Å². The number of nitrogens with zero attached hydrogens (tertiary/aromatic N) is 1. The van der Waals surface area contributed by atoms with Gasteiger partial charge in [-0.15, -0.1) is 0 Å². The first-order chi connectivity index (χ1) is 10.3. The third-order valence-corrected chi connectivity index (χ3v) is 3.89. The van der Waals surface area contributed by atoms with Gasteiger partial charge in [-0.05, 0) is 18.2 Å². The number of hydrogen-bond acceptors (Lipinski definition) is 3. The third-order valence-electron chi connectivity index (χ3n) is 3.46. The molecule has 2 aromatic rings. The van der Waals surface area contributed by atoms with E-state index in [2.05, 4.69) is 9.98 Å². The summed E-state index contributed by atoms with van der Waals surface area (Å²) in [5.41, 5.74) is 5.13. The molecule has 0 amide bonds. The molecule has 0 aliphatic carbocycles. The quantitative estimate of drug-likeness (QED) is 0.740. The maximum Gasteiger partial charge on any atom is 0.333 e. The fourth-order valence-corrected chi connectivity index (χ4v) is 2.50. The first kappa shape index (κ1) is 14.5. The van der Waals surface area contributed by atoms with Crippen molar-refractivity contribution in [2.24, 2.45) is 10.7 Å². The monoisotopic (exact) mass is 325 g/mol. The van der Waals surface area contributed by atoms with E-state index in [1.165, 1.54) is 6.07 Å². The van der Waals surface area contributed by atoms with Crippen LogP contribution in [-0.2, 0) is 4.79 Å². The molecular formula is C14H10ClF2N3O2. The molecule has 114 valence electrons. The lowest BCUT2D eigenvalue weighted by molar-refractivity contribution is -0.140. The molecule has 1 aliphatic heterocycles. The molecule has 0 spiro atoms. The molecule has 5 nitrogen and oxygen atoms in total. The summed E-state index contributed by atoms with van der Waals surface area (Å²) in [7, 11) is 0. The first-order valence-electron chi connectivity index (χ1n) is 6.24. The maximum atomic E-state index is 14.5. The standard InChI is InChI=1S/C14H10ClF2N3O2/c15-14(17)9(18)5-8(20-12(14)13(21)22)7-2-1-6-3-4-19-11(6)10(7)16/h1-5,12,19H,18H2,(H,21,22). The number of halogens is 3. The number of fused-ring (bicyclic) bond motifs is 1. The second-order valence-corrected chi connectivity index (χ2v) is 5.40. The lowest BCUT2D eigenvalue weighted by atomic mass is 9.99. The minimum absolute atomic E-state index is 0.0105. The van der Waals surface area contributed by atoms with Crippen LogP contribution in [0.25, 0.3) is 10.9 Å². The molecular weight excluding hydrogens is 316 g/mol. The molecule has 0 fully saturated rings. The molecule has 3 rings (SSSR count). The Morgan fingerprint density at radius 3 is 2.86 bits per heavy atom. The van der Waals surface area contributed by atoms with Crippen LogP contribution in [0.2, 0.25) is 0 Å². The molecule has 8 heteroatoms. The maximum absolute atomic E-state index is 14.5. The van der Waals surface area contributed by atoms with Gasteiger partial charge in [-0.1, -0.05) is 17.7 Å². The molecule has 0 saturated carbocycles. The van der Waals surface area contributed by atoms with Crippen molar-refractivity contribution in [3.05, 3.63) is 47.5 Å². The van der Waals surface area contributed by atoms with Crippen LogP contribution in [0.3, 0.4) is 0 Å². The number of carboxylic acids is 1. The number of aromatic nitrogens is 1. The summed E-state index contributed by atoms with van der Waals surface area (Å²) < 4.78 is 28.6. The van der Waals surface area contributed by atoms with Crippen molar-refractivity contribution in [3.63, 3.8) is 0 Å². The number of aliphatic imine (C=N–C) groups is 1. The van der Waals surface area contributed by atoms with Crippen molar-refractivity contribution in [1.29, 1.82) is 0 Å². The average Bonchev–Trinajstić information content (AvgIpc) is 2.91. The zero-order chi connectivity index (χ0) is 16.1. The van der Waals surface area contributed by atoms with Gasteiger partial charge in [0, 0.05) is 17.1 Å². The Labute approximate surface area is 128 Å². The van der Waals surface area contributed by atoms with E-state index in [0.29, 0.717) is 5.39 Å². The molecule has 2 atom stereocenters. The topological polar surface area (TPSA) is 91.5 Å². The molecule has 2 unspecified atom stereocenters. The number of nitrogens with one attached hydrogen (secondary N) is 1. The van der Waals surface area contributed by atoms with Crippen LogP contribution in [-0.4, -0.2) is 32.9 Å². The number of carbonyl (C=O) groups is 1. The number of rotatable bonds is 2. The van der Waals surface area contributed by atoms with Crippen molar-refractivity contribution in [3.8, 4) is 0 Å². The predicted molar refractivity (Wildman–Crippen MR) is 78.2 cm³/mol. The summed E-state index contributed by atoms with van der Waals surface area (Å²) in [4.78, 5) is 17.6. The van der Waals surface area contributed by atoms with Crippen LogP contribution in [0.4, 0.5) is 8.78 Å². The normalized spacial score (nSPS) is 25.0. The summed E-state index contributed by atoms with van der Waals surface area (Å²) in [5, 5.41) is 6.85. The van der Waals surface area contributed by atoms with E-state index in [9.17, 15) is 13.6 Å². The lowest BCUT2D eigenvalue weighted by Gasteiger charge is -2.27. The van der Waals surface area contributed by atoms with Crippen molar-refractivity contribution in [2.45, 2.75) is 11.2 Å². The number of allylic oxidation sites excluding steroid dienone is 1. The van der Waals surface area contributed by atoms with E-state index >= 15 is 0 Å². The third kappa shape index (κ3) is 2.05. The minimum Gasteiger partial charge on any atom is -0.480 e. The highest BCUT2D eigenvalue weighted by molar-refractivity contribution is 6.28. The smallest absolute Gasteiger partial charge is 0.333 e. The van der Waals surface area contributed by atoms with Crippen LogP contribution >= 0.6 is 11.6 Å². The van der Waals surface area contributed by atoms with E-state index in [4.69, 9.17) is 22.4 Å². The van der Waals surface area contributed by atoms with Gasteiger partial charge < -0.3 is 15.8 Å². The largest absolute Gasteiger partial charge is 0.480 e. The van der Waals surface area contributed by atoms with Crippen molar-refractivity contribution >= 4 is 34.2 Å². The van der Waals surface area contributed by atoms with E-state index in [1.807, 2.05) is 0 Å². The van der Waals surface area contributed by atoms with Gasteiger partial charge in [0.05, 0.1) is 16.9 Å². The molecule has 1 aliphatic rings. The van der Waals surface area contributed by atoms with Crippen LogP contribution in [0.15, 0.2) is 41.2 Å². The number of aromatic amines is 1. The van der Waals surface area contributed by atoms with E-state index in [1.54, 1.807) is 18.3 Å². The summed E-state index contributed by atoms with van der Waals surface area (Å²) in [6, 6.07) is 2.78. The minimum atomic E-state index is -2.84. The fraction of sp³-hybridized carbons (Fsp3) is 0.143. The number of nitrogens with two attached hydrogens (primary N) is 1. The zero-order valence-electron chi connectivity index (χ0n) is 11.0. The lowest BCUT2D eigenvalue weighted by Crippen LogP contribution is -2.45. The van der Waals surface area contributed by atoms with Gasteiger partial charge in [-0.25, -0.2) is 13.6 Å². The number of aliphatic carboxylic acids is 1. The second-order valence-electron chi connectivity index (χ2n) is 4.85. The van der Waals surface area contributed by atoms with Gasteiger partial charge in [-0.2, -0.15) is 0 Å². The molecule has 2 heterocycles. The molecule has 0 radical (unpaired) electrons. The zero-order valence-corrected chi connectivity index (χ0v) is 11.7. The molecule has 0 bridgehead atoms. The molecule has 22 heavy (non-hydrogen) atoms. The molecule has 4 N–H and O–H groups in total. The number of dihydropyridines is 1. The highest BCUT2D eigenvalue weighted by Gasteiger charge is 2.47. The Bertz CT molecular complexity index is 842. The molecule has 1 aromatic heterocycles. The number of carboxylic acid groups (broad SMARTS) is 1. The van der Waals surface area contributed by atoms with E-state index < -0.39 is 28.7 Å². The van der Waals surface area contributed by atoms with Gasteiger partial charge in [0.25, 0.3) is 5.13 Å². The SMILES string of the molecule is NC1=CC(c2ccc3cc[nH]c3c2F)=NC(C(=O)O)C1(F)Cl. The molecule has 0 saturated heterocycles. The first-order valence-corrected chi connectivity index (χ1v) is 6.62. The highest BCUT2D eigenvalue weighted by Crippen LogP contribution is 2.35. The Kier molecular flexibility index (Phi) is 3.17. The van der Waals surface area contributed by atoms with Crippen molar-refractivity contribution in [1.82, 2.24) is 4.98 Å². The van der Waals surface area contributed by atoms with Gasteiger partial charge in [0.2, 0.25) is 6.04 Å². The van der Waals surface area contributed by atoms with Gasteiger partial charge in [-0.3, -0.25) is 4.99 Å². The van der Waals surface area contributed by atoms with Crippen LogP contribution in [0, 0.1) is 5.82 Å². The van der Waals surface area contributed by atoms with Crippen LogP contribution in [0.1, 0.15) is 5.56 Å². The van der Waals surface area contributed by atoms with Crippen LogP contribution < -0.4 is 5.73 Å². The Balaban J connectivity index is 2.17. The summed E-state index contributed by atoms with van der Waals surface area (Å²) in [6.07, 6.45) is 2.61. The van der Waals surface area contributed by atoms with Crippen LogP contribution in [0.5, 0.6) is 0 Å². The van der Waals surface area contributed by atoms with Crippen molar-refractivity contribution in [2.75, 3.05) is 0 Å². The van der Waals surface area contributed by atoms with Crippen molar-refractivity contribution < 1.29 is 18.7 Å². The Morgan fingerprint density at radius 1 is 1.45 bits per heavy atom. The second kappa shape index (κ2) is 4.81. The van der Waals surface area contributed by atoms with Gasteiger partial charge >= 0.3 is 5.97 Å². The fourth-order valence-electron chi connectivity index (χ4n) is 2.31. The predicted octanol–water partition coefficient (Wildman–Crippen LogP) is 2.31. The summed E-state index contributed by atoms with van der Waals surface area (Å²) >= 11 is 5.51. The number of alkyl halides is 2. The summed E-state index contributed by atoms with van der Waals surface area (Å²) in [6.45, 7) is 0. The Morgan fingerprint density at radius 2 is 2.18 bits per heavy atom. The van der Waals surface area contributed by atoms with E-state index in [-0.39, 0.29) is 16.8 Å².